The van der Waals surface area contributed by atoms with Crippen molar-refractivity contribution >= 4 is 37.3 Å². The molecule has 1 N–H and O–H groups in total. The molecule has 2 saturated heterocycles. The quantitative estimate of drug-likeness (QED) is 0.349. The molecule has 0 saturated carbocycles. The Labute approximate surface area is 249 Å². The molecule has 0 aliphatic carbocycles. The van der Waals surface area contributed by atoms with Crippen LogP contribution in [0.5, 0.6) is 0 Å². The second kappa shape index (κ2) is 12.5. The van der Waals surface area contributed by atoms with Gasteiger partial charge in [0.2, 0.25) is 5.91 Å². The summed E-state index contributed by atoms with van der Waals surface area (Å²) in [6, 6.07) is 11.1. The maximum atomic E-state index is 14.0. The second-order valence-corrected chi connectivity index (χ2v) is 16.1. The number of nitrogens with zero attached hydrogens (tertiary/aromatic N) is 3. The van der Waals surface area contributed by atoms with Crippen LogP contribution in [0.2, 0.25) is 0 Å². The average Bonchev–Trinajstić information content (AvgIpc) is 3.67. The number of oxazole rings is 1. The molecule has 0 bridgehead atoms. The first kappa shape index (κ1) is 30.8. The van der Waals surface area contributed by atoms with Gasteiger partial charge in [-0.2, -0.15) is 17.0 Å². The van der Waals surface area contributed by atoms with Gasteiger partial charge >= 0.3 is 0 Å². The Morgan fingerprint density at radius 3 is 2.60 bits per heavy atom. The number of hydrogen-bond donors (Lipinski definition) is 1. The van der Waals surface area contributed by atoms with E-state index in [0.29, 0.717) is 23.7 Å². The van der Waals surface area contributed by atoms with E-state index >= 15 is 0 Å². The van der Waals surface area contributed by atoms with Crippen LogP contribution in [0.3, 0.4) is 0 Å². The van der Waals surface area contributed by atoms with Crippen molar-refractivity contribution < 1.29 is 35.6 Å². The van der Waals surface area contributed by atoms with E-state index in [0.717, 1.165) is 37.5 Å². The summed E-state index contributed by atoms with van der Waals surface area (Å²) in [6.45, 7) is 0.241. The maximum Gasteiger partial charge on any atom is 0.281 e. The molecule has 2 aliphatic heterocycles. The summed E-state index contributed by atoms with van der Waals surface area (Å²) < 4.78 is 65.4. The summed E-state index contributed by atoms with van der Waals surface area (Å²) in [5, 5.41) is 0. The monoisotopic (exact) mass is 638 g/mol. The summed E-state index contributed by atoms with van der Waals surface area (Å²) in [7, 11) is -5.08. The van der Waals surface area contributed by atoms with Gasteiger partial charge in [0.1, 0.15) is 4.75 Å². The molecule has 0 spiro atoms. The van der Waals surface area contributed by atoms with E-state index in [1.165, 1.54) is 31.8 Å². The van der Waals surface area contributed by atoms with E-state index in [9.17, 15) is 21.6 Å². The third kappa shape index (κ3) is 6.32. The molecule has 42 heavy (non-hydrogen) atoms. The summed E-state index contributed by atoms with van der Waals surface area (Å²) in [4.78, 5) is 23.9. The van der Waals surface area contributed by atoms with Gasteiger partial charge in [0.15, 0.2) is 28.3 Å². The van der Waals surface area contributed by atoms with Crippen LogP contribution in [-0.4, -0.2) is 82.2 Å². The zero-order valence-corrected chi connectivity index (χ0v) is 25.8. The molecule has 2 aromatic heterocycles. The predicted octanol–water partition coefficient (Wildman–Crippen LogP) is 3.16. The Hall–Kier alpha value is -2.66. The molecule has 2 fully saturated rings. The average molecular weight is 639 g/mol. The molecular weight excluding hydrogens is 605 g/mol. The van der Waals surface area contributed by atoms with Crippen molar-refractivity contribution in [3.8, 4) is 21.8 Å². The fraction of sp³-hybridized carbons (Fsp3) is 0.481. The van der Waals surface area contributed by atoms with E-state index < -0.39 is 49.2 Å². The number of hydroxylamine groups is 1. The lowest BCUT2D eigenvalue weighted by Crippen LogP contribution is -2.43. The van der Waals surface area contributed by atoms with E-state index in [4.69, 9.17) is 14.0 Å². The molecule has 2 unspecified atom stereocenters. The Morgan fingerprint density at radius 2 is 1.93 bits per heavy atom. The van der Waals surface area contributed by atoms with Crippen molar-refractivity contribution in [1.82, 2.24) is 19.1 Å². The summed E-state index contributed by atoms with van der Waals surface area (Å²) in [5.74, 6) is -0.428. The van der Waals surface area contributed by atoms with Gasteiger partial charge in [-0.3, -0.25) is 4.79 Å². The van der Waals surface area contributed by atoms with Gasteiger partial charge in [0.25, 0.3) is 10.2 Å². The van der Waals surface area contributed by atoms with Crippen molar-refractivity contribution in [2.24, 2.45) is 0 Å². The molecule has 15 heteroatoms. The smallest absolute Gasteiger partial charge is 0.281 e. The van der Waals surface area contributed by atoms with Gasteiger partial charge in [0.05, 0.1) is 18.4 Å². The number of amides is 1. The number of thiophene rings is 1. The highest BCUT2D eigenvalue weighted by Gasteiger charge is 2.50. The lowest BCUT2D eigenvalue weighted by molar-refractivity contribution is -0.200. The zero-order valence-electron chi connectivity index (χ0n) is 23.4. The standard InChI is InChI=1S/C27H34N4O8S3/c1-30(2)42(35,36)31-13-12-27(41(33,34)16-14-31,17-25(32)29-39-26-5-3-4-15-37-26)24-11-10-23(40-24)21-8-6-20(7-9-21)22-18-28-19-38-22/h6-11,18-19,26H,3-5,12-17H2,1-2H3,(H,29,32). The molecule has 228 valence electrons. The zero-order chi connectivity index (χ0) is 30.0. The molecule has 4 heterocycles. The van der Waals surface area contributed by atoms with Crippen LogP contribution < -0.4 is 5.48 Å². The molecule has 3 aromatic rings. The van der Waals surface area contributed by atoms with E-state index in [1.807, 2.05) is 30.3 Å². The number of benzene rings is 1. The number of hydrogen-bond acceptors (Lipinski definition) is 10. The first-order valence-corrected chi connectivity index (χ1v) is 17.4. The van der Waals surface area contributed by atoms with Crippen LogP contribution >= 0.6 is 11.3 Å². The van der Waals surface area contributed by atoms with Gasteiger partial charge < -0.3 is 9.15 Å². The number of carbonyl (C=O) groups excluding carboxylic acids is 1. The summed E-state index contributed by atoms with van der Waals surface area (Å²) in [6.07, 6.45) is 4.27. The number of ether oxygens (including phenoxy) is 1. The Kier molecular flexibility index (Phi) is 9.18. The summed E-state index contributed by atoms with van der Waals surface area (Å²) in [5.41, 5.74) is 4.09. The molecule has 2 aliphatic rings. The Balaban J connectivity index is 1.46. The first-order chi connectivity index (χ1) is 20.0. The van der Waals surface area contributed by atoms with E-state index in [-0.39, 0.29) is 19.5 Å². The van der Waals surface area contributed by atoms with Crippen LogP contribution in [-0.2, 0) is 39.2 Å². The molecule has 1 amide bonds. The fourth-order valence-corrected chi connectivity index (χ4v) is 9.97. The van der Waals surface area contributed by atoms with Crippen LogP contribution in [0.25, 0.3) is 21.8 Å². The van der Waals surface area contributed by atoms with Crippen molar-refractivity contribution in [3.63, 3.8) is 0 Å². The number of sulfone groups is 1. The van der Waals surface area contributed by atoms with Crippen LogP contribution in [0, 0.1) is 0 Å². The van der Waals surface area contributed by atoms with E-state index in [2.05, 4.69) is 10.5 Å². The highest BCUT2D eigenvalue weighted by molar-refractivity contribution is 7.92. The second-order valence-electron chi connectivity index (χ2n) is 10.5. The largest absolute Gasteiger partial charge is 0.444 e. The first-order valence-electron chi connectivity index (χ1n) is 13.6. The van der Waals surface area contributed by atoms with Crippen LogP contribution in [0.15, 0.2) is 53.4 Å². The SMILES string of the molecule is CN(C)S(=O)(=O)N1CCC(CC(=O)NOC2CCCCO2)(c2ccc(-c3ccc(-c4cnco4)cc3)s2)S(=O)(=O)CC1. The Morgan fingerprint density at radius 1 is 1.17 bits per heavy atom. The molecule has 0 radical (unpaired) electrons. The van der Waals surface area contributed by atoms with Crippen molar-refractivity contribution in [1.29, 1.82) is 0 Å². The van der Waals surface area contributed by atoms with Crippen LogP contribution in [0.1, 0.15) is 37.0 Å². The lowest BCUT2D eigenvalue weighted by atomic mass is 9.97. The minimum absolute atomic E-state index is 0.0707. The van der Waals surface area contributed by atoms with Gasteiger partial charge in [-0.1, -0.05) is 24.3 Å². The molecule has 2 atom stereocenters. The van der Waals surface area contributed by atoms with Crippen molar-refractivity contribution in [3.05, 3.63) is 53.9 Å². The topological polar surface area (TPSA) is 148 Å². The Bertz CT molecular complexity index is 1580. The minimum Gasteiger partial charge on any atom is -0.444 e. The third-order valence-corrected chi connectivity index (χ3v) is 13.5. The van der Waals surface area contributed by atoms with Gasteiger partial charge in [-0.05, 0) is 37.0 Å². The highest BCUT2D eigenvalue weighted by Crippen LogP contribution is 2.45. The molecular formula is C27H34N4O8S3. The highest BCUT2D eigenvalue weighted by atomic mass is 32.2. The lowest BCUT2D eigenvalue weighted by Gasteiger charge is -2.31. The number of nitrogens with one attached hydrogen (secondary N) is 1. The molecule has 5 rings (SSSR count). The molecule has 1 aromatic carbocycles. The summed E-state index contributed by atoms with van der Waals surface area (Å²) >= 11 is 1.27. The molecule has 12 nitrogen and oxygen atoms in total. The van der Waals surface area contributed by atoms with Crippen molar-refractivity contribution in [2.75, 3.05) is 39.5 Å². The maximum absolute atomic E-state index is 14.0. The number of rotatable bonds is 9. The number of aromatic nitrogens is 1. The van der Waals surface area contributed by atoms with Crippen molar-refractivity contribution in [2.45, 2.75) is 43.1 Å². The van der Waals surface area contributed by atoms with Crippen LogP contribution in [0.4, 0.5) is 0 Å². The number of carbonyl (C=O) groups is 1. The van der Waals surface area contributed by atoms with E-state index in [1.54, 1.807) is 12.3 Å². The normalized spacial score (nSPS) is 23.5. The van der Waals surface area contributed by atoms with Gasteiger partial charge in [-0.25, -0.2) is 23.7 Å². The fourth-order valence-electron chi connectivity index (χ4n) is 5.14. The third-order valence-electron chi connectivity index (χ3n) is 7.59. The predicted molar refractivity (Wildman–Crippen MR) is 157 cm³/mol. The minimum atomic E-state index is -4.02. The van der Waals surface area contributed by atoms with Gasteiger partial charge in [-0.15, -0.1) is 11.3 Å². The van der Waals surface area contributed by atoms with Gasteiger partial charge in [0, 0.05) is 55.5 Å².